The first kappa shape index (κ1) is 25.4. The number of nitrogens with zero attached hydrogens (tertiary/aromatic N) is 2. The predicted octanol–water partition coefficient (Wildman–Crippen LogP) is 4.32. The van der Waals surface area contributed by atoms with E-state index in [1.165, 1.54) is 23.1 Å². The van der Waals surface area contributed by atoms with Gasteiger partial charge in [-0.25, -0.2) is 0 Å². The smallest absolute Gasteiger partial charge is 0.209 e. The number of amides is 1. The number of carbonyl (C=O) groups excluding carboxylic acids is 1. The second kappa shape index (κ2) is 17.0. The number of aryl methyl sites for hydroxylation is 1. The molecule has 25 heavy (non-hydrogen) atoms. The summed E-state index contributed by atoms with van der Waals surface area (Å²) in [5.74, 6) is 0.190. The molecule has 0 spiro atoms. The minimum absolute atomic E-state index is 0.190. The first-order valence-corrected chi connectivity index (χ1v) is 9.36. The Morgan fingerprint density at radius 3 is 2.20 bits per heavy atom. The molecule has 1 aliphatic rings. The molecule has 0 saturated heterocycles. The Labute approximate surface area is 155 Å². The lowest BCUT2D eigenvalue weighted by atomic mass is 9.99. The van der Waals surface area contributed by atoms with Crippen LogP contribution < -0.4 is 5.32 Å². The molecular weight excluding hydrogens is 310 g/mol. The summed E-state index contributed by atoms with van der Waals surface area (Å²) in [5, 5.41) is 11.3. The molecule has 0 fully saturated rings. The Balaban J connectivity index is 0. The highest BCUT2D eigenvalue weighted by Crippen LogP contribution is 2.14. The standard InChI is InChI=1S/C10H13N.C5H11NO.C4H7N.C2H6/c1-8-2-3-9-4-5-11-7-10(9)6-8;1-3-6(4-2)5-7;1-4(2)3-5;1-2/h2-3,6,11H,4-5,7H2,1H3;5H,3-4H2,1-2H3;4H,1-2H3;1-2H3. The van der Waals surface area contributed by atoms with Crippen LogP contribution in [-0.2, 0) is 17.8 Å². The molecule has 1 aliphatic heterocycles. The fraction of sp³-hybridized carbons (Fsp3) is 0.619. The van der Waals surface area contributed by atoms with Gasteiger partial charge in [0.2, 0.25) is 6.41 Å². The Hall–Kier alpha value is -1.86. The molecular formula is C21H37N3O. The summed E-state index contributed by atoms with van der Waals surface area (Å²) >= 11 is 0. The second-order valence-electron chi connectivity index (χ2n) is 5.81. The van der Waals surface area contributed by atoms with Gasteiger partial charge in [0.05, 0.1) is 6.07 Å². The third kappa shape index (κ3) is 13.1. The van der Waals surface area contributed by atoms with Gasteiger partial charge in [-0.3, -0.25) is 4.79 Å². The zero-order valence-corrected chi connectivity index (χ0v) is 17.2. The summed E-state index contributed by atoms with van der Waals surface area (Å²) in [6.07, 6.45) is 2.05. The van der Waals surface area contributed by atoms with Crippen LogP contribution in [0.2, 0.25) is 0 Å². The average Bonchev–Trinajstić information content (AvgIpc) is 2.65. The molecule has 0 aromatic heterocycles. The summed E-state index contributed by atoms with van der Waals surface area (Å²) in [5.41, 5.74) is 4.37. The first-order chi connectivity index (χ1) is 12.0. The van der Waals surface area contributed by atoms with Gasteiger partial charge in [-0.15, -0.1) is 0 Å². The minimum Gasteiger partial charge on any atom is -0.346 e. The topological polar surface area (TPSA) is 56.1 Å². The Bertz CT molecular complexity index is 488. The molecule has 0 saturated carbocycles. The van der Waals surface area contributed by atoms with Crippen LogP contribution in [0.4, 0.5) is 0 Å². The normalized spacial score (nSPS) is 11.2. The zero-order valence-electron chi connectivity index (χ0n) is 17.2. The molecule has 1 N–H and O–H groups in total. The SMILES string of the molecule is CC.CC(C)C#N.CCN(C=O)CC.Cc1ccc2c(c1)CNCC2. The molecule has 1 aromatic rings. The van der Waals surface area contributed by atoms with Gasteiger partial charge in [0.25, 0.3) is 0 Å². The molecule has 1 aromatic carbocycles. The quantitative estimate of drug-likeness (QED) is 0.829. The van der Waals surface area contributed by atoms with E-state index >= 15 is 0 Å². The number of nitriles is 1. The lowest BCUT2D eigenvalue weighted by Gasteiger charge is -2.16. The highest BCUT2D eigenvalue weighted by Gasteiger charge is 2.06. The van der Waals surface area contributed by atoms with Gasteiger partial charge >= 0.3 is 0 Å². The van der Waals surface area contributed by atoms with Crippen LogP contribution >= 0.6 is 0 Å². The predicted molar refractivity (Wildman–Crippen MR) is 107 cm³/mol. The molecule has 0 atom stereocenters. The maximum Gasteiger partial charge on any atom is 0.209 e. The number of hydrogen-bond acceptors (Lipinski definition) is 3. The summed E-state index contributed by atoms with van der Waals surface area (Å²) < 4.78 is 0. The number of carbonyl (C=O) groups is 1. The maximum absolute atomic E-state index is 9.89. The lowest BCUT2D eigenvalue weighted by Crippen LogP contribution is -2.23. The van der Waals surface area contributed by atoms with Crippen LogP contribution in [0, 0.1) is 24.2 Å². The summed E-state index contributed by atoms with van der Waals surface area (Å²) in [4.78, 5) is 11.6. The summed E-state index contributed by atoms with van der Waals surface area (Å²) in [6, 6.07) is 8.76. The highest BCUT2D eigenvalue weighted by atomic mass is 16.1. The number of benzene rings is 1. The monoisotopic (exact) mass is 347 g/mol. The largest absolute Gasteiger partial charge is 0.346 e. The van der Waals surface area contributed by atoms with Gasteiger partial charge in [-0.1, -0.05) is 37.6 Å². The zero-order chi connectivity index (χ0) is 19.7. The first-order valence-electron chi connectivity index (χ1n) is 9.36. The molecule has 2 rings (SSSR count). The molecule has 4 nitrogen and oxygen atoms in total. The summed E-state index contributed by atoms with van der Waals surface area (Å²) in [7, 11) is 0. The van der Waals surface area contributed by atoms with E-state index in [9.17, 15) is 4.79 Å². The molecule has 0 radical (unpaired) electrons. The van der Waals surface area contributed by atoms with Crippen molar-refractivity contribution in [2.24, 2.45) is 5.92 Å². The summed E-state index contributed by atoms with van der Waals surface area (Å²) in [6.45, 7) is 17.6. The van der Waals surface area contributed by atoms with E-state index in [1.54, 1.807) is 4.90 Å². The molecule has 0 aliphatic carbocycles. The molecule has 1 amide bonds. The second-order valence-corrected chi connectivity index (χ2v) is 5.81. The van der Waals surface area contributed by atoms with Crippen LogP contribution in [0.1, 0.15) is 58.2 Å². The van der Waals surface area contributed by atoms with Crippen molar-refractivity contribution in [2.75, 3.05) is 19.6 Å². The van der Waals surface area contributed by atoms with E-state index in [1.807, 2.05) is 47.6 Å². The van der Waals surface area contributed by atoms with E-state index in [0.717, 1.165) is 32.6 Å². The van der Waals surface area contributed by atoms with Gasteiger partial charge < -0.3 is 10.2 Å². The molecule has 0 unspecified atom stereocenters. The molecule has 142 valence electrons. The van der Waals surface area contributed by atoms with Crippen molar-refractivity contribution in [3.05, 3.63) is 34.9 Å². The molecule has 4 heteroatoms. The van der Waals surface area contributed by atoms with Gasteiger partial charge in [0, 0.05) is 25.6 Å². The van der Waals surface area contributed by atoms with Crippen LogP contribution in [0.15, 0.2) is 18.2 Å². The van der Waals surface area contributed by atoms with E-state index in [-0.39, 0.29) is 5.92 Å². The highest BCUT2D eigenvalue weighted by molar-refractivity contribution is 5.46. The fourth-order valence-corrected chi connectivity index (χ4v) is 1.98. The number of nitrogens with one attached hydrogen (secondary N) is 1. The van der Waals surface area contributed by atoms with Gasteiger partial charge in [0.1, 0.15) is 0 Å². The minimum atomic E-state index is 0.190. The number of rotatable bonds is 3. The fourth-order valence-electron chi connectivity index (χ4n) is 1.98. The molecule has 1 heterocycles. The number of fused-ring (bicyclic) bond motifs is 1. The van der Waals surface area contributed by atoms with Crippen molar-refractivity contribution >= 4 is 6.41 Å². The van der Waals surface area contributed by atoms with Crippen LogP contribution in [-0.4, -0.2) is 30.9 Å². The third-order valence-electron chi connectivity index (χ3n) is 3.47. The van der Waals surface area contributed by atoms with Gasteiger partial charge in [-0.2, -0.15) is 5.26 Å². The van der Waals surface area contributed by atoms with E-state index in [2.05, 4.69) is 30.4 Å². The van der Waals surface area contributed by atoms with Crippen molar-refractivity contribution in [1.82, 2.24) is 10.2 Å². The van der Waals surface area contributed by atoms with Crippen LogP contribution in [0.25, 0.3) is 0 Å². The van der Waals surface area contributed by atoms with E-state index in [4.69, 9.17) is 5.26 Å². The van der Waals surface area contributed by atoms with Gasteiger partial charge in [0.15, 0.2) is 0 Å². The van der Waals surface area contributed by atoms with Crippen molar-refractivity contribution in [1.29, 1.82) is 5.26 Å². The Kier molecular flexibility index (Phi) is 17.2. The van der Waals surface area contributed by atoms with Crippen LogP contribution in [0.5, 0.6) is 0 Å². The van der Waals surface area contributed by atoms with Crippen molar-refractivity contribution < 1.29 is 4.79 Å². The maximum atomic E-state index is 9.89. The lowest BCUT2D eigenvalue weighted by molar-refractivity contribution is -0.117. The van der Waals surface area contributed by atoms with E-state index < -0.39 is 0 Å². The average molecular weight is 348 g/mol. The van der Waals surface area contributed by atoms with E-state index in [0.29, 0.717) is 0 Å². The third-order valence-corrected chi connectivity index (χ3v) is 3.47. The molecule has 0 bridgehead atoms. The van der Waals surface area contributed by atoms with Crippen LogP contribution in [0.3, 0.4) is 0 Å². The number of hydrogen-bond donors (Lipinski definition) is 1. The van der Waals surface area contributed by atoms with Gasteiger partial charge in [-0.05, 0) is 58.7 Å². The van der Waals surface area contributed by atoms with Crippen molar-refractivity contribution in [3.63, 3.8) is 0 Å². The Morgan fingerprint density at radius 2 is 1.80 bits per heavy atom. The Morgan fingerprint density at radius 1 is 1.24 bits per heavy atom. The van der Waals surface area contributed by atoms with Crippen molar-refractivity contribution in [3.8, 4) is 6.07 Å². The van der Waals surface area contributed by atoms with Crippen molar-refractivity contribution in [2.45, 2.75) is 61.4 Å².